The number of hydrogen-bond donors (Lipinski definition) is 3. The van der Waals surface area contributed by atoms with Crippen LogP contribution >= 0.6 is 0 Å². The molecule has 3 N–H and O–H groups in total. The van der Waals surface area contributed by atoms with E-state index >= 15 is 0 Å². The van der Waals surface area contributed by atoms with Crippen molar-refractivity contribution in [3.63, 3.8) is 0 Å². The zero-order chi connectivity index (χ0) is 23.4. The van der Waals surface area contributed by atoms with Gasteiger partial charge in [0.1, 0.15) is 11.4 Å². The van der Waals surface area contributed by atoms with Crippen LogP contribution in [0, 0.1) is 0 Å². The van der Waals surface area contributed by atoms with E-state index in [1.54, 1.807) is 13.3 Å². The lowest BCUT2D eigenvalue weighted by molar-refractivity contribution is 0.415. The fourth-order valence-electron chi connectivity index (χ4n) is 2.82. The maximum absolute atomic E-state index is 9.19. The molecule has 4 rings (SSSR count). The Balaban J connectivity index is 0.000000289. The third kappa shape index (κ3) is 7.68. The number of H-pyrrole nitrogens is 1. The number of methoxy groups -OCH3 is 1. The zero-order valence-electron chi connectivity index (χ0n) is 17.3. The SMILES string of the molecule is COc1ccc2c(c1)c(-c1cc3cccnc3[nH]1)cn2C.CS(=O)(=O)O.CS(=O)(=O)O. The molecule has 0 unspecified atom stereocenters. The second kappa shape index (κ2) is 9.47. The first-order valence-corrected chi connectivity index (χ1v) is 12.4. The molecule has 168 valence electrons. The molecule has 1 aromatic carbocycles. The third-order valence-corrected chi connectivity index (χ3v) is 3.88. The molecule has 0 saturated carbocycles. The van der Waals surface area contributed by atoms with Gasteiger partial charge in [0.25, 0.3) is 20.2 Å². The first-order valence-electron chi connectivity index (χ1n) is 8.68. The molecule has 10 nitrogen and oxygen atoms in total. The van der Waals surface area contributed by atoms with Crippen LogP contribution in [0.15, 0.2) is 48.8 Å². The number of aromatic nitrogens is 3. The van der Waals surface area contributed by atoms with Crippen molar-refractivity contribution in [2.75, 3.05) is 19.6 Å². The molecule has 31 heavy (non-hydrogen) atoms. The molecule has 0 aliphatic heterocycles. The molecule has 0 bridgehead atoms. The number of hydrogen-bond acceptors (Lipinski definition) is 6. The smallest absolute Gasteiger partial charge is 0.261 e. The van der Waals surface area contributed by atoms with E-state index in [1.165, 1.54) is 10.9 Å². The molecule has 3 aromatic heterocycles. The standard InChI is InChI=1S/C17H15N3O.2CH4O3S/c1-20-10-14(13-9-12(21-2)5-6-16(13)20)15-8-11-4-3-7-18-17(11)19-15;2*1-5(2,3)4/h3-10H,1-2H3,(H,18,19);2*1H3,(H,2,3,4). The van der Waals surface area contributed by atoms with Crippen molar-refractivity contribution in [1.29, 1.82) is 0 Å². The highest BCUT2D eigenvalue weighted by Gasteiger charge is 2.12. The minimum Gasteiger partial charge on any atom is -0.497 e. The van der Waals surface area contributed by atoms with Gasteiger partial charge in [-0.25, -0.2) is 4.98 Å². The van der Waals surface area contributed by atoms with Crippen LogP contribution in [0.4, 0.5) is 0 Å². The maximum atomic E-state index is 9.19. The van der Waals surface area contributed by atoms with Gasteiger partial charge in [0.15, 0.2) is 0 Å². The van der Waals surface area contributed by atoms with Crippen molar-refractivity contribution < 1.29 is 30.7 Å². The number of benzene rings is 1. The van der Waals surface area contributed by atoms with Crippen molar-refractivity contribution in [3.05, 3.63) is 48.8 Å². The van der Waals surface area contributed by atoms with Gasteiger partial charge in [0, 0.05) is 47.0 Å². The minimum atomic E-state index is -3.67. The van der Waals surface area contributed by atoms with Crippen LogP contribution in [0.2, 0.25) is 0 Å². The Morgan fingerprint density at radius 2 is 1.65 bits per heavy atom. The predicted octanol–water partition coefficient (Wildman–Crippen LogP) is 2.74. The number of nitrogens with one attached hydrogen (secondary N) is 1. The van der Waals surface area contributed by atoms with Gasteiger partial charge >= 0.3 is 0 Å². The summed E-state index contributed by atoms with van der Waals surface area (Å²) in [5.41, 5.74) is 4.32. The van der Waals surface area contributed by atoms with E-state index in [0.29, 0.717) is 12.5 Å². The van der Waals surface area contributed by atoms with Gasteiger partial charge in [0.2, 0.25) is 0 Å². The number of rotatable bonds is 2. The van der Waals surface area contributed by atoms with Gasteiger partial charge in [-0.2, -0.15) is 16.8 Å². The molecule has 0 fully saturated rings. The topological polar surface area (TPSA) is 152 Å². The Hall–Kier alpha value is -2.93. The summed E-state index contributed by atoms with van der Waals surface area (Å²) in [7, 11) is -3.59. The Morgan fingerprint density at radius 3 is 2.19 bits per heavy atom. The van der Waals surface area contributed by atoms with Crippen molar-refractivity contribution in [1.82, 2.24) is 14.5 Å². The number of pyridine rings is 1. The highest BCUT2D eigenvalue weighted by Crippen LogP contribution is 2.33. The Bertz CT molecular complexity index is 1330. The minimum absolute atomic E-state index is 0.715. The van der Waals surface area contributed by atoms with E-state index in [0.717, 1.165) is 28.0 Å². The van der Waals surface area contributed by atoms with E-state index in [4.69, 9.17) is 13.8 Å². The first-order chi connectivity index (χ1) is 14.3. The van der Waals surface area contributed by atoms with E-state index in [9.17, 15) is 16.8 Å². The number of nitrogens with zero attached hydrogens (tertiary/aromatic N) is 2. The third-order valence-electron chi connectivity index (χ3n) is 3.88. The predicted molar refractivity (Wildman–Crippen MR) is 120 cm³/mol. The van der Waals surface area contributed by atoms with Crippen LogP contribution in [0.25, 0.3) is 33.2 Å². The van der Waals surface area contributed by atoms with Gasteiger partial charge in [0.05, 0.1) is 19.6 Å². The van der Waals surface area contributed by atoms with E-state index < -0.39 is 20.2 Å². The molecular formula is C19H23N3O7S2. The van der Waals surface area contributed by atoms with Crippen molar-refractivity contribution in [3.8, 4) is 17.0 Å². The van der Waals surface area contributed by atoms with E-state index in [1.807, 2.05) is 12.1 Å². The summed E-state index contributed by atoms with van der Waals surface area (Å²) in [5.74, 6) is 0.865. The lowest BCUT2D eigenvalue weighted by Gasteiger charge is -2.01. The number of aryl methyl sites for hydroxylation is 1. The Labute approximate surface area is 180 Å². The van der Waals surface area contributed by atoms with Crippen molar-refractivity contribution in [2.45, 2.75) is 0 Å². The van der Waals surface area contributed by atoms with Crippen molar-refractivity contribution in [2.24, 2.45) is 7.05 Å². The molecule has 0 atom stereocenters. The second-order valence-electron chi connectivity index (χ2n) is 6.63. The molecule has 4 aromatic rings. The first kappa shape index (κ1) is 24.3. The quantitative estimate of drug-likeness (QED) is 0.379. The highest BCUT2D eigenvalue weighted by atomic mass is 32.2. The number of aromatic amines is 1. The van der Waals surface area contributed by atoms with Gasteiger partial charge in [-0.15, -0.1) is 0 Å². The summed E-state index contributed by atoms with van der Waals surface area (Å²) in [4.78, 5) is 7.75. The molecule has 12 heteroatoms. The second-order valence-corrected chi connectivity index (χ2v) is 9.56. The van der Waals surface area contributed by atoms with Crippen LogP contribution in [0.5, 0.6) is 5.75 Å². The summed E-state index contributed by atoms with van der Waals surface area (Å²) in [6.45, 7) is 0. The Kier molecular flexibility index (Phi) is 7.44. The van der Waals surface area contributed by atoms with Crippen LogP contribution in [-0.4, -0.2) is 60.1 Å². The van der Waals surface area contributed by atoms with E-state index in [2.05, 4.69) is 52.0 Å². The molecule has 0 saturated heterocycles. The summed E-state index contributed by atoms with van der Waals surface area (Å²) in [6, 6.07) is 12.3. The summed E-state index contributed by atoms with van der Waals surface area (Å²) < 4.78 is 59.2. The largest absolute Gasteiger partial charge is 0.497 e. The summed E-state index contributed by atoms with van der Waals surface area (Å²) in [5, 5.41) is 2.29. The number of fused-ring (bicyclic) bond motifs is 2. The zero-order valence-corrected chi connectivity index (χ0v) is 18.9. The molecule has 0 aliphatic rings. The lowest BCUT2D eigenvalue weighted by Crippen LogP contribution is -1.88. The van der Waals surface area contributed by atoms with Crippen LogP contribution < -0.4 is 4.74 Å². The van der Waals surface area contributed by atoms with Crippen LogP contribution in [0.1, 0.15) is 0 Å². The normalized spacial score (nSPS) is 11.4. The van der Waals surface area contributed by atoms with Gasteiger partial charge in [-0.1, -0.05) is 0 Å². The fraction of sp³-hybridized carbons (Fsp3) is 0.211. The van der Waals surface area contributed by atoms with Gasteiger partial charge in [-0.3, -0.25) is 9.11 Å². The molecule has 0 radical (unpaired) electrons. The van der Waals surface area contributed by atoms with Gasteiger partial charge in [-0.05, 0) is 36.4 Å². The fourth-order valence-corrected chi connectivity index (χ4v) is 2.82. The summed E-state index contributed by atoms with van der Waals surface area (Å²) in [6.07, 6.45) is 5.36. The van der Waals surface area contributed by atoms with E-state index in [-0.39, 0.29) is 0 Å². The maximum Gasteiger partial charge on any atom is 0.261 e. The molecular weight excluding hydrogens is 446 g/mol. The average Bonchev–Trinajstić information content (AvgIpc) is 3.19. The summed E-state index contributed by atoms with van der Waals surface area (Å²) >= 11 is 0. The van der Waals surface area contributed by atoms with Crippen LogP contribution in [0.3, 0.4) is 0 Å². The van der Waals surface area contributed by atoms with Crippen LogP contribution in [-0.2, 0) is 27.3 Å². The number of ether oxygens (including phenoxy) is 1. The molecule has 0 aliphatic carbocycles. The molecule has 0 spiro atoms. The average molecular weight is 470 g/mol. The molecule has 0 amide bonds. The Morgan fingerprint density at radius 1 is 1.03 bits per heavy atom. The highest BCUT2D eigenvalue weighted by molar-refractivity contribution is 7.85. The lowest BCUT2D eigenvalue weighted by atomic mass is 10.1. The molecule has 3 heterocycles. The van der Waals surface area contributed by atoms with Gasteiger partial charge < -0.3 is 14.3 Å². The monoisotopic (exact) mass is 469 g/mol. The van der Waals surface area contributed by atoms with Crippen molar-refractivity contribution >= 4 is 42.2 Å².